The second kappa shape index (κ2) is 8.32. The standard InChI is InChI=1S/C20H20ClFN2O2/c21-15-4-3-5-16(14-15)23-10-12-24(13-11-23)20(26)9-8-19(25)17-6-1-2-7-18(17)22/h1-7,14H,8-13H2. The maximum atomic E-state index is 13.6. The van der Waals surface area contributed by atoms with Crippen LogP contribution in [0.25, 0.3) is 0 Å². The van der Waals surface area contributed by atoms with Crippen molar-refractivity contribution in [3.8, 4) is 0 Å². The smallest absolute Gasteiger partial charge is 0.223 e. The first kappa shape index (κ1) is 18.4. The Balaban J connectivity index is 1.49. The number of piperazine rings is 1. The maximum Gasteiger partial charge on any atom is 0.223 e. The minimum Gasteiger partial charge on any atom is -0.368 e. The third kappa shape index (κ3) is 4.41. The summed E-state index contributed by atoms with van der Waals surface area (Å²) >= 11 is 6.03. The van der Waals surface area contributed by atoms with Gasteiger partial charge in [0.1, 0.15) is 5.82 Å². The molecule has 26 heavy (non-hydrogen) atoms. The number of halogens is 2. The predicted octanol–water partition coefficient (Wildman–Crippen LogP) is 3.79. The van der Waals surface area contributed by atoms with Gasteiger partial charge in [-0.3, -0.25) is 9.59 Å². The van der Waals surface area contributed by atoms with Crippen LogP contribution in [-0.4, -0.2) is 42.8 Å². The molecule has 0 radical (unpaired) electrons. The van der Waals surface area contributed by atoms with E-state index in [2.05, 4.69) is 4.90 Å². The number of anilines is 1. The van der Waals surface area contributed by atoms with Crippen molar-refractivity contribution in [3.05, 3.63) is 64.9 Å². The Hall–Kier alpha value is -2.40. The fourth-order valence-corrected chi connectivity index (χ4v) is 3.27. The highest BCUT2D eigenvalue weighted by Gasteiger charge is 2.22. The van der Waals surface area contributed by atoms with Crippen LogP contribution in [0, 0.1) is 5.82 Å². The Morgan fingerprint density at radius 1 is 0.962 bits per heavy atom. The largest absolute Gasteiger partial charge is 0.368 e. The van der Waals surface area contributed by atoms with Crippen LogP contribution in [0.5, 0.6) is 0 Å². The lowest BCUT2D eigenvalue weighted by Crippen LogP contribution is -2.48. The molecule has 0 atom stereocenters. The minimum atomic E-state index is -0.542. The molecule has 1 heterocycles. The van der Waals surface area contributed by atoms with Crippen molar-refractivity contribution in [1.82, 2.24) is 4.90 Å². The fraction of sp³-hybridized carbons (Fsp3) is 0.300. The van der Waals surface area contributed by atoms with Gasteiger partial charge in [0.15, 0.2) is 5.78 Å². The third-order valence-electron chi connectivity index (χ3n) is 4.55. The summed E-state index contributed by atoms with van der Waals surface area (Å²) in [6, 6.07) is 13.5. The van der Waals surface area contributed by atoms with Crippen LogP contribution < -0.4 is 4.90 Å². The van der Waals surface area contributed by atoms with Crippen molar-refractivity contribution in [2.75, 3.05) is 31.1 Å². The van der Waals surface area contributed by atoms with Gasteiger partial charge >= 0.3 is 0 Å². The van der Waals surface area contributed by atoms with E-state index in [1.807, 2.05) is 24.3 Å². The maximum absolute atomic E-state index is 13.6. The van der Waals surface area contributed by atoms with Crippen molar-refractivity contribution in [1.29, 1.82) is 0 Å². The molecule has 136 valence electrons. The van der Waals surface area contributed by atoms with E-state index in [9.17, 15) is 14.0 Å². The first-order chi connectivity index (χ1) is 12.5. The number of ketones is 1. The monoisotopic (exact) mass is 374 g/mol. The van der Waals surface area contributed by atoms with E-state index < -0.39 is 5.82 Å². The van der Waals surface area contributed by atoms with Gasteiger partial charge in [0, 0.05) is 49.7 Å². The molecule has 2 aromatic carbocycles. The van der Waals surface area contributed by atoms with E-state index in [-0.39, 0.29) is 30.1 Å². The van der Waals surface area contributed by atoms with Gasteiger partial charge in [0.05, 0.1) is 5.56 Å². The van der Waals surface area contributed by atoms with Gasteiger partial charge < -0.3 is 9.80 Å². The number of nitrogens with zero attached hydrogens (tertiary/aromatic N) is 2. The van der Waals surface area contributed by atoms with Gasteiger partial charge in [-0.2, -0.15) is 0 Å². The van der Waals surface area contributed by atoms with Crippen LogP contribution in [0.2, 0.25) is 5.02 Å². The molecule has 4 nitrogen and oxygen atoms in total. The lowest BCUT2D eigenvalue weighted by molar-refractivity contribution is -0.131. The quantitative estimate of drug-likeness (QED) is 0.747. The van der Waals surface area contributed by atoms with Gasteiger partial charge in [-0.15, -0.1) is 0 Å². The second-order valence-electron chi connectivity index (χ2n) is 6.25. The molecular weight excluding hydrogens is 355 g/mol. The molecule has 1 aliphatic rings. The molecule has 0 unspecified atom stereocenters. The number of amides is 1. The number of rotatable bonds is 5. The number of hydrogen-bond acceptors (Lipinski definition) is 3. The van der Waals surface area contributed by atoms with E-state index >= 15 is 0 Å². The normalized spacial score (nSPS) is 14.4. The van der Waals surface area contributed by atoms with Gasteiger partial charge in [-0.05, 0) is 30.3 Å². The highest BCUT2D eigenvalue weighted by Crippen LogP contribution is 2.21. The molecule has 1 saturated heterocycles. The van der Waals surface area contributed by atoms with Gasteiger partial charge in [-0.1, -0.05) is 29.8 Å². The molecule has 3 rings (SSSR count). The predicted molar refractivity (Wildman–Crippen MR) is 100 cm³/mol. The second-order valence-corrected chi connectivity index (χ2v) is 6.69. The van der Waals surface area contributed by atoms with Crippen LogP contribution in [0.15, 0.2) is 48.5 Å². The summed E-state index contributed by atoms with van der Waals surface area (Å²) in [7, 11) is 0. The molecule has 2 aromatic rings. The Morgan fingerprint density at radius 3 is 2.38 bits per heavy atom. The molecule has 0 N–H and O–H groups in total. The minimum absolute atomic E-state index is 0.0221. The Kier molecular flexibility index (Phi) is 5.89. The fourth-order valence-electron chi connectivity index (χ4n) is 3.09. The molecule has 1 amide bonds. The lowest BCUT2D eigenvalue weighted by atomic mass is 10.1. The Bertz CT molecular complexity index is 804. The van der Waals surface area contributed by atoms with Crippen LogP contribution in [0.1, 0.15) is 23.2 Å². The first-order valence-electron chi connectivity index (χ1n) is 8.60. The van der Waals surface area contributed by atoms with Crippen molar-refractivity contribution in [2.24, 2.45) is 0 Å². The summed E-state index contributed by atoms with van der Waals surface area (Å²) < 4.78 is 13.6. The van der Waals surface area contributed by atoms with E-state index in [0.717, 1.165) is 5.69 Å². The van der Waals surface area contributed by atoms with E-state index in [1.54, 1.807) is 11.0 Å². The average molecular weight is 375 g/mol. The summed E-state index contributed by atoms with van der Waals surface area (Å²) in [5, 5.41) is 0.688. The van der Waals surface area contributed by atoms with Crippen LogP contribution in [0.3, 0.4) is 0 Å². The number of Topliss-reactive ketones (excluding diaryl/α,β-unsaturated/α-hetero) is 1. The van der Waals surface area contributed by atoms with E-state index in [4.69, 9.17) is 11.6 Å². The molecular formula is C20H20ClFN2O2. The summed E-state index contributed by atoms with van der Waals surface area (Å²) in [5.74, 6) is -0.950. The molecule has 0 saturated carbocycles. The molecule has 0 spiro atoms. The number of carbonyl (C=O) groups is 2. The average Bonchev–Trinajstić information content (AvgIpc) is 2.66. The van der Waals surface area contributed by atoms with Crippen LogP contribution >= 0.6 is 11.6 Å². The van der Waals surface area contributed by atoms with Gasteiger partial charge in [0.25, 0.3) is 0 Å². The highest BCUT2D eigenvalue weighted by molar-refractivity contribution is 6.30. The zero-order valence-corrected chi connectivity index (χ0v) is 15.1. The summed E-state index contributed by atoms with van der Waals surface area (Å²) in [6.45, 7) is 2.62. The summed E-state index contributed by atoms with van der Waals surface area (Å²) in [6.07, 6.45) is 0.124. The Morgan fingerprint density at radius 2 is 1.69 bits per heavy atom. The molecule has 6 heteroatoms. The molecule has 1 aliphatic heterocycles. The summed E-state index contributed by atoms with van der Waals surface area (Å²) in [5.41, 5.74) is 1.09. The van der Waals surface area contributed by atoms with Gasteiger partial charge in [0.2, 0.25) is 5.91 Å². The molecule has 0 aromatic heterocycles. The summed E-state index contributed by atoms with van der Waals surface area (Å²) in [4.78, 5) is 28.4. The van der Waals surface area contributed by atoms with Crippen molar-refractivity contribution in [3.63, 3.8) is 0 Å². The van der Waals surface area contributed by atoms with Crippen LogP contribution in [-0.2, 0) is 4.79 Å². The van der Waals surface area contributed by atoms with Crippen LogP contribution in [0.4, 0.5) is 10.1 Å². The van der Waals surface area contributed by atoms with Gasteiger partial charge in [-0.25, -0.2) is 4.39 Å². The highest BCUT2D eigenvalue weighted by atomic mass is 35.5. The topological polar surface area (TPSA) is 40.6 Å². The molecule has 1 fully saturated rings. The zero-order valence-electron chi connectivity index (χ0n) is 14.3. The van der Waals surface area contributed by atoms with Crippen molar-refractivity contribution in [2.45, 2.75) is 12.8 Å². The van der Waals surface area contributed by atoms with E-state index in [1.165, 1.54) is 18.2 Å². The third-order valence-corrected chi connectivity index (χ3v) is 4.78. The zero-order chi connectivity index (χ0) is 18.5. The first-order valence-corrected chi connectivity index (χ1v) is 8.98. The van der Waals surface area contributed by atoms with Crippen molar-refractivity contribution >= 4 is 29.0 Å². The lowest BCUT2D eigenvalue weighted by Gasteiger charge is -2.36. The number of carbonyl (C=O) groups excluding carboxylic acids is 2. The SMILES string of the molecule is O=C(CCC(=O)N1CCN(c2cccc(Cl)c2)CC1)c1ccccc1F. The number of hydrogen-bond donors (Lipinski definition) is 0. The van der Waals surface area contributed by atoms with E-state index in [0.29, 0.717) is 31.2 Å². The number of benzene rings is 2. The Labute approximate surface area is 157 Å². The molecule has 0 aliphatic carbocycles. The molecule has 0 bridgehead atoms. The van der Waals surface area contributed by atoms with Crippen molar-refractivity contribution < 1.29 is 14.0 Å².